The van der Waals surface area contributed by atoms with Crippen LogP contribution in [0.2, 0.25) is 0 Å². The van der Waals surface area contributed by atoms with Gasteiger partial charge < -0.3 is 16.0 Å². The van der Waals surface area contributed by atoms with Crippen molar-refractivity contribution < 1.29 is 18.8 Å². The van der Waals surface area contributed by atoms with E-state index >= 15 is 0 Å². The van der Waals surface area contributed by atoms with Crippen LogP contribution in [0.5, 0.6) is 0 Å². The SMILES string of the molecule is O=C(NCC1(NC(=O)c2ccccc2)C(=O)Nc2ccc(F)cc21)c1ccccc1. The second-order valence-electron chi connectivity index (χ2n) is 6.92. The number of hydrogen-bond acceptors (Lipinski definition) is 3. The summed E-state index contributed by atoms with van der Waals surface area (Å²) >= 11 is 0. The Labute approximate surface area is 172 Å². The summed E-state index contributed by atoms with van der Waals surface area (Å²) < 4.78 is 14.0. The van der Waals surface area contributed by atoms with E-state index in [1.807, 2.05) is 0 Å². The maximum absolute atomic E-state index is 14.0. The number of hydrogen-bond donors (Lipinski definition) is 3. The predicted octanol–water partition coefficient (Wildman–Crippen LogP) is 2.83. The average Bonchev–Trinajstić information content (AvgIpc) is 3.04. The molecule has 3 aromatic rings. The van der Waals surface area contributed by atoms with E-state index in [1.165, 1.54) is 18.2 Å². The molecule has 6 nitrogen and oxygen atoms in total. The van der Waals surface area contributed by atoms with E-state index in [9.17, 15) is 18.8 Å². The van der Waals surface area contributed by atoms with E-state index in [0.29, 0.717) is 16.8 Å². The van der Waals surface area contributed by atoms with Crippen molar-refractivity contribution in [2.75, 3.05) is 11.9 Å². The zero-order chi connectivity index (χ0) is 21.1. The lowest BCUT2D eigenvalue weighted by Gasteiger charge is -2.29. The van der Waals surface area contributed by atoms with Crippen LogP contribution in [0.25, 0.3) is 0 Å². The summed E-state index contributed by atoms with van der Waals surface area (Å²) in [5.74, 6) is -2.04. The average molecular weight is 403 g/mol. The molecule has 0 aliphatic carbocycles. The second kappa shape index (κ2) is 7.79. The third-order valence-corrected chi connectivity index (χ3v) is 4.99. The summed E-state index contributed by atoms with van der Waals surface area (Å²) in [6.45, 7) is -0.248. The molecule has 1 unspecified atom stereocenters. The molecule has 0 saturated carbocycles. The summed E-state index contributed by atoms with van der Waals surface area (Å²) in [5, 5.41) is 8.07. The molecular formula is C23H18FN3O3. The Bertz CT molecular complexity index is 1120. The Morgan fingerprint density at radius 2 is 1.47 bits per heavy atom. The quantitative estimate of drug-likeness (QED) is 0.612. The van der Waals surface area contributed by atoms with E-state index in [4.69, 9.17) is 0 Å². The third kappa shape index (κ3) is 3.53. The molecule has 0 radical (unpaired) electrons. The standard InChI is InChI=1S/C23H18FN3O3/c24-17-11-12-19-18(13-17)23(22(30)26-19,27-21(29)16-9-5-2-6-10-16)14-25-20(28)15-7-3-1-4-8-15/h1-13H,14H2,(H,25,28)(H,26,30)(H,27,29). The van der Waals surface area contributed by atoms with Gasteiger partial charge in [-0.1, -0.05) is 36.4 Å². The number of benzene rings is 3. The maximum Gasteiger partial charge on any atom is 0.256 e. The lowest BCUT2D eigenvalue weighted by molar-refractivity contribution is -0.121. The molecule has 3 amide bonds. The van der Waals surface area contributed by atoms with E-state index in [-0.39, 0.29) is 12.1 Å². The largest absolute Gasteiger partial charge is 0.349 e. The van der Waals surface area contributed by atoms with Crippen LogP contribution >= 0.6 is 0 Å². The first kappa shape index (κ1) is 19.3. The molecule has 150 valence electrons. The molecule has 1 heterocycles. The number of anilines is 1. The van der Waals surface area contributed by atoms with Crippen molar-refractivity contribution >= 4 is 23.4 Å². The van der Waals surface area contributed by atoms with Gasteiger partial charge >= 0.3 is 0 Å². The van der Waals surface area contributed by atoms with E-state index in [1.54, 1.807) is 60.7 Å². The molecule has 0 spiro atoms. The summed E-state index contributed by atoms with van der Waals surface area (Å²) in [5.41, 5.74) is -0.285. The molecule has 4 rings (SSSR count). The van der Waals surface area contributed by atoms with Crippen molar-refractivity contribution in [3.63, 3.8) is 0 Å². The first-order valence-electron chi connectivity index (χ1n) is 9.32. The Balaban J connectivity index is 1.69. The molecule has 1 aliphatic rings. The summed E-state index contributed by atoms with van der Waals surface area (Å²) in [4.78, 5) is 38.4. The lowest BCUT2D eigenvalue weighted by atomic mass is 9.90. The summed E-state index contributed by atoms with van der Waals surface area (Å²) in [6, 6.07) is 20.7. The van der Waals surface area contributed by atoms with Crippen LogP contribution in [-0.4, -0.2) is 24.3 Å². The van der Waals surface area contributed by atoms with Gasteiger partial charge in [0, 0.05) is 22.4 Å². The number of halogens is 1. The summed E-state index contributed by atoms with van der Waals surface area (Å²) in [6.07, 6.45) is 0. The van der Waals surface area contributed by atoms with Gasteiger partial charge in [-0.3, -0.25) is 14.4 Å². The fourth-order valence-corrected chi connectivity index (χ4v) is 3.43. The topological polar surface area (TPSA) is 87.3 Å². The highest BCUT2D eigenvalue weighted by Crippen LogP contribution is 2.36. The highest BCUT2D eigenvalue weighted by atomic mass is 19.1. The van der Waals surface area contributed by atoms with Crippen molar-refractivity contribution in [2.24, 2.45) is 0 Å². The fraction of sp³-hybridized carbons (Fsp3) is 0.0870. The number of rotatable bonds is 5. The van der Waals surface area contributed by atoms with Crippen molar-refractivity contribution in [3.8, 4) is 0 Å². The van der Waals surface area contributed by atoms with Gasteiger partial charge in [-0.25, -0.2) is 4.39 Å². The number of carbonyl (C=O) groups is 3. The first-order chi connectivity index (χ1) is 14.5. The van der Waals surface area contributed by atoms with Gasteiger partial charge in [-0.2, -0.15) is 0 Å². The zero-order valence-electron chi connectivity index (χ0n) is 15.8. The van der Waals surface area contributed by atoms with E-state index in [2.05, 4.69) is 16.0 Å². The van der Waals surface area contributed by atoms with Crippen molar-refractivity contribution in [1.29, 1.82) is 0 Å². The Morgan fingerprint density at radius 1 is 0.867 bits per heavy atom. The summed E-state index contributed by atoms with van der Waals surface area (Å²) in [7, 11) is 0. The predicted molar refractivity (Wildman–Crippen MR) is 109 cm³/mol. The van der Waals surface area contributed by atoms with Crippen LogP contribution in [0.15, 0.2) is 78.9 Å². The van der Waals surface area contributed by atoms with Crippen molar-refractivity contribution in [1.82, 2.24) is 10.6 Å². The van der Waals surface area contributed by atoms with Gasteiger partial charge in [0.25, 0.3) is 17.7 Å². The Morgan fingerprint density at radius 3 is 2.10 bits per heavy atom. The van der Waals surface area contributed by atoms with E-state index < -0.39 is 29.1 Å². The monoisotopic (exact) mass is 403 g/mol. The minimum Gasteiger partial charge on any atom is -0.349 e. The first-order valence-corrected chi connectivity index (χ1v) is 9.32. The van der Waals surface area contributed by atoms with Crippen molar-refractivity contribution in [2.45, 2.75) is 5.54 Å². The molecule has 3 N–H and O–H groups in total. The molecular weight excluding hydrogens is 385 g/mol. The Kier molecular flexibility index (Phi) is 5.02. The normalized spacial score (nSPS) is 17.0. The molecule has 30 heavy (non-hydrogen) atoms. The number of nitrogens with one attached hydrogen (secondary N) is 3. The number of carbonyl (C=O) groups excluding carboxylic acids is 3. The molecule has 1 atom stereocenters. The van der Waals surface area contributed by atoms with Gasteiger partial charge in [0.1, 0.15) is 5.82 Å². The second-order valence-corrected chi connectivity index (χ2v) is 6.92. The minimum atomic E-state index is -1.66. The van der Waals surface area contributed by atoms with Crippen LogP contribution in [-0.2, 0) is 10.3 Å². The lowest BCUT2D eigenvalue weighted by Crippen LogP contribution is -2.57. The van der Waals surface area contributed by atoms with Crippen LogP contribution in [0, 0.1) is 5.82 Å². The maximum atomic E-state index is 14.0. The fourth-order valence-electron chi connectivity index (χ4n) is 3.43. The third-order valence-electron chi connectivity index (χ3n) is 4.99. The van der Waals surface area contributed by atoms with Crippen LogP contribution in [0.4, 0.5) is 10.1 Å². The minimum absolute atomic E-state index is 0.248. The Hall–Kier alpha value is -4.00. The number of fused-ring (bicyclic) bond motifs is 1. The highest BCUT2D eigenvalue weighted by molar-refractivity contribution is 6.10. The van der Waals surface area contributed by atoms with Gasteiger partial charge in [0.05, 0.1) is 6.54 Å². The molecule has 0 fully saturated rings. The molecule has 3 aromatic carbocycles. The van der Waals surface area contributed by atoms with Crippen LogP contribution in [0.1, 0.15) is 26.3 Å². The molecule has 0 saturated heterocycles. The van der Waals surface area contributed by atoms with Crippen LogP contribution in [0.3, 0.4) is 0 Å². The van der Waals surface area contributed by atoms with Gasteiger partial charge in [0.2, 0.25) is 0 Å². The molecule has 7 heteroatoms. The molecule has 0 bridgehead atoms. The van der Waals surface area contributed by atoms with Gasteiger partial charge in [0.15, 0.2) is 5.54 Å². The van der Waals surface area contributed by atoms with Crippen LogP contribution < -0.4 is 16.0 Å². The van der Waals surface area contributed by atoms with E-state index in [0.717, 1.165) is 0 Å². The van der Waals surface area contributed by atoms with Crippen molar-refractivity contribution in [3.05, 3.63) is 101 Å². The smallest absolute Gasteiger partial charge is 0.256 e. The number of amides is 3. The molecule has 0 aromatic heterocycles. The molecule has 1 aliphatic heterocycles. The van der Waals surface area contributed by atoms with Gasteiger partial charge in [-0.05, 0) is 42.5 Å². The highest BCUT2D eigenvalue weighted by Gasteiger charge is 2.48. The van der Waals surface area contributed by atoms with Gasteiger partial charge in [-0.15, -0.1) is 0 Å². The zero-order valence-corrected chi connectivity index (χ0v) is 15.8.